The summed E-state index contributed by atoms with van der Waals surface area (Å²) in [6, 6.07) is 9.98. The molecule has 0 amide bonds. The molecule has 0 saturated carbocycles. The Morgan fingerprint density at radius 1 is 0.527 bits per heavy atom. The summed E-state index contributed by atoms with van der Waals surface area (Å²) in [7, 11) is -18.6. The van der Waals surface area contributed by atoms with Crippen LogP contribution in [-0.4, -0.2) is 213 Å². The fraction of sp³-hybridized carbons (Fsp3) is 0.541. The van der Waals surface area contributed by atoms with Crippen molar-refractivity contribution in [3.63, 3.8) is 0 Å². The molecule has 0 spiro atoms. The molecule has 506 valence electrons. The SMILES string of the molecule is CCOCOCCOCCOCCOCCC1(C)C(C=CC=CC=C2N(CC)c3ccc4c(S(=O)(=O)O)cc(S(=O)(=O)O)cc4c3C2(C)CCOCCOCCOCCOCCOC)=[N+](CCCCCC(=O)O)c2ccc3c(S(=O)(=O)O)cc(S(=O)(=O)O)cc3c21. The van der Waals surface area contributed by atoms with E-state index in [0.717, 1.165) is 6.07 Å². The van der Waals surface area contributed by atoms with Gasteiger partial charge in [0.1, 0.15) is 23.1 Å². The molecule has 26 nitrogen and oxygen atoms in total. The standard InChI is InChI=1S/C61H84N2O24S4/c1-6-62-51-19-17-47-49(40-45(88(66,67)68)42-53(47)90(72,73)74)58(51)60(3,21-24-80-28-30-83-34-35-85-33-32-82-27-26-78-5)55(62)14-10-8-11-15-56-61(4,22-25-81-29-31-84-36-37-86-38-39-87-44-79-7-2)59-50-41-46(89(69,70)71)43-54(91(75,76)77)48(50)18-20-52(59)63(56)23-13-9-12-16-57(64)65/h8,10-11,14-15,17-20,40-43H,6-7,9,12-13,16,21-39,44H2,1-5H3,(H4-,64,65,66,67,68,69,70,71,72,73,74,75,76,77)/p+1. The molecule has 91 heavy (non-hydrogen) atoms. The predicted molar refractivity (Wildman–Crippen MR) is 336 cm³/mol. The third-order valence-electron chi connectivity index (χ3n) is 15.5. The van der Waals surface area contributed by atoms with Gasteiger partial charge >= 0.3 is 5.97 Å². The molecule has 2 atom stereocenters. The molecule has 2 aliphatic heterocycles. The normalized spacial score (nSPS) is 17.7. The van der Waals surface area contributed by atoms with Gasteiger partial charge in [-0.1, -0.05) is 24.3 Å². The van der Waals surface area contributed by atoms with Gasteiger partial charge in [-0.2, -0.15) is 38.2 Å². The van der Waals surface area contributed by atoms with Gasteiger partial charge in [-0.25, -0.2) is 0 Å². The number of unbranched alkanes of at least 4 members (excludes halogenated alkanes) is 2. The number of likely N-dealkylation sites (N-methyl/N-ethyl adjacent to an activating group) is 1. The number of benzene rings is 4. The number of hydrogen-bond donors (Lipinski definition) is 5. The lowest BCUT2D eigenvalue weighted by molar-refractivity contribution is -0.438. The van der Waals surface area contributed by atoms with Crippen molar-refractivity contribution in [2.45, 2.75) is 96.6 Å². The molecule has 6 rings (SSSR count). The minimum absolute atomic E-state index is 0.00461. The third kappa shape index (κ3) is 20.4. The Hall–Kier alpha value is -5.20. The van der Waals surface area contributed by atoms with Crippen LogP contribution in [0.1, 0.15) is 77.3 Å². The van der Waals surface area contributed by atoms with Crippen LogP contribution in [0.4, 0.5) is 11.4 Å². The molecule has 2 unspecified atom stereocenters. The number of hydrogen-bond acceptors (Lipinski definition) is 20. The third-order valence-corrected chi connectivity index (χ3v) is 18.9. The summed E-state index contributed by atoms with van der Waals surface area (Å²) in [6.45, 7) is 13.5. The summed E-state index contributed by atoms with van der Waals surface area (Å²) in [6.07, 6.45) is 10.7. The quantitative estimate of drug-likeness (QED) is 0.00951. The highest BCUT2D eigenvalue weighted by atomic mass is 32.2. The summed E-state index contributed by atoms with van der Waals surface area (Å²) in [5, 5.41) is 9.65. The number of carbonyl (C=O) groups is 1. The maximum atomic E-state index is 13.0. The van der Waals surface area contributed by atoms with Gasteiger partial charge in [0.15, 0.2) is 5.71 Å². The lowest BCUT2D eigenvalue weighted by atomic mass is 9.75. The number of rotatable bonds is 44. The van der Waals surface area contributed by atoms with Crippen LogP contribution in [0.5, 0.6) is 0 Å². The molecule has 0 radical (unpaired) electrons. The van der Waals surface area contributed by atoms with Gasteiger partial charge in [-0.05, 0) is 112 Å². The van der Waals surface area contributed by atoms with Gasteiger partial charge < -0.3 is 57.4 Å². The van der Waals surface area contributed by atoms with Gasteiger partial charge in [-0.3, -0.25) is 23.0 Å². The zero-order valence-electron chi connectivity index (χ0n) is 51.9. The van der Waals surface area contributed by atoms with E-state index in [-0.39, 0.29) is 93.8 Å². The Bertz CT molecular complexity index is 3720. The maximum Gasteiger partial charge on any atom is 0.303 e. The minimum Gasteiger partial charge on any atom is -0.481 e. The molecule has 0 saturated heterocycles. The smallest absolute Gasteiger partial charge is 0.303 e. The maximum absolute atomic E-state index is 13.0. The summed E-state index contributed by atoms with van der Waals surface area (Å²) in [5.74, 6) is -0.955. The molecule has 0 aliphatic carbocycles. The molecule has 2 heterocycles. The van der Waals surface area contributed by atoms with Crippen LogP contribution in [0, 0.1) is 0 Å². The fourth-order valence-electron chi connectivity index (χ4n) is 11.2. The first-order valence-corrected chi connectivity index (χ1v) is 35.5. The van der Waals surface area contributed by atoms with Crippen LogP contribution in [0.3, 0.4) is 0 Å². The van der Waals surface area contributed by atoms with Gasteiger partial charge in [0.05, 0.1) is 108 Å². The largest absolute Gasteiger partial charge is 0.481 e. The average Bonchev–Trinajstić information content (AvgIpc) is 1.61. The van der Waals surface area contributed by atoms with Gasteiger partial charge in [0.25, 0.3) is 40.5 Å². The first kappa shape index (κ1) is 74.8. The van der Waals surface area contributed by atoms with Crippen molar-refractivity contribution in [1.29, 1.82) is 0 Å². The Morgan fingerprint density at radius 2 is 1.00 bits per heavy atom. The van der Waals surface area contributed by atoms with Crippen molar-refractivity contribution in [2.75, 3.05) is 144 Å². The second kappa shape index (κ2) is 34.8. The summed E-state index contributed by atoms with van der Waals surface area (Å²) < 4.78 is 202. The highest BCUT2D eigenvalue weighted by Crippen LogP contribution is 2.54. The number of anilines is 1. The molecule has 0 aromatic heterocycles. The van der Waals surface area contributed by atoms with E-state index in [9.17, 15) is 61.8 Å². The lowest BCUT2D eigenvalue weighted by Gasteiger charge is -2.30. The Morgan fingerprint density at radius 3 is 1.47 bits per heavy atom. The molecule has 0 fully saturated rings. The van der Waals surface area contributed by atoms with E-state index in [2.05, 4.69) is 0 Å². The molecular formula is C61H85N2O24S4+. The van der Waals surface area contributed by atoms with Crippen molar-refractivity contribution >= 4 is 85.1 Å². The monoisotopic (exact) mass is 1360 g/mol. The van der Waals surface area contributed by atoms with E-state index in [1.807, 2.05) is 49.3 Å². The first-order chi connectivity index (χ1) is 43.2. The number of aliphatic carboxylic acids is 1. The number of carboxylic acid groups (broad SMARTS) is 1. The molecule has 0 bridgehead atoms. The van der Waals surface area contributed by atoms with Gasteiger partial charge in [0, 0.05) is 91.6 Å². The first-order valence-electron chi connectivity index (χ1n) is 29.7. The van der Waals surface area contributed by atoms with Crippen LogP contribution in [0.15, 0.2) is 104 Å². The van der Waals surface area contributed by atoms with Crippen molar-refractivity contribution in [1.82, 2.24) is 0 Å². The highest BCUT2D eigenvalue weighted by Gasteiger charge is 2.49. The van der Waals surface area contributed by atoms with E-state index in [0.29, 0.717) is 144 Å². The topological polar surface area (TPSA) is 353 Å². The molecular weight excluding hydrogens is 1270 g/mol. The second-order valence-electron chi connectivity index (χ2n) is 21.6. The molecule has 4 aromatic rings. The zero-order chi connectivity index (χ0) is 66.5. The molecule has 2 aliphatic rings. The highest BCUT2D eigenvalue weighted by molar-refractivity contribution is 7.87. The van der Waals surface area contributed by atoms with Crippen molar-refractivity contribution < 1.29 is 114 Å². The zero-order valence-corrected chi connectivity index (χ0v) is 55.2. The second-order valence-corrected chi connectivity index (χ2v) is 27.2. The Kier molecular flexibility index (Phi) is 28.6. The van der Waals surface area contributed by atoms with Crippen LogP contribution in [0.25, 0.3) is 21.5 Å². The van der Waals surface area contributed by atoms with Gasteiger partial charge in [0.2, 0.25) is 5.69 Å². The number of nitrogens with zero attached hydrogens (tertiary/aromatic N) is 2. The van der Waals surface area contributed by atoms with Crippen LogP contribution in [0.2, 0.25) is 0 Å². The Balaban J connectivity index is 1.38. The van der Waals surface area contributed by atoms with Crippen molar-refractivity contribution in [3.05, 3.63) is 95.7 Å². The number of carboxylic acids is 1. The van der Waals surface area contributed by atoms with E-state index in [1.54, 1.807) is 37.5 Å². The predicted octanol–water partition coefficient (Wildman–Crippen LogP) is 7.33. The number of allylic oxidation sites excluding steroid dienone is 6. The van der Waals surface area contributed by atoms with E-state index < -0.39 is 76.9 Å². The number of fused-ring (bicyclic) bond motifs is 6. The number of methoxy groups -OCH3 is 1. The number of ether oxygens (including phenoxy) is 10. The summed E-state index contributed by atoms with van der Waals surface area (Å²) >= 11 is 0. The van der Waals surface area contributed by atoms with Crippen LogP contribution >= 0.6 is 0 Å². The molecule has 30 heteroatoms. The van der Waals surface area contributed by atoms with Crippen molar-refractivity contribution in [3.8, 4) is 0 Å². The minimum atomic E-state index is -5.09. The lowest BCUT2D eigenvalue weighted by Crippen LogP contribution is -2.33. The van der Waals surface area contributed by atoms with Gasteiger partial charge in [-0.15, -0.1) is 0 Å². The van der Waals surface area contributed by atoms with Crippen molar-refractivity contribution in [2.24, 2.45) is 0 Å². The molecule has 5 N–H and O–H groups in total. The summed E-state index contributed by atoms with van der Waals surface area (Å²) in [4.78, 5) is 10.5. The summed E-state index contributed by atoms with van der Waals surface area (Å²) in [5.41, 5.74) is 1.17. The van der Waals surface area contributed by atoms with E-state index >= 15 is 0 Å². The van der Waals surface area contributed by atoms with E-state index in [4.69, 9.17) is 47.4 Å². The van der Waals surface area contributed by atoms with E-state index in [1.165, 1.54) is 18.2 Å². The average molecular weight is 1360 g/mol. The van der Waals surface area contributed by atoms with Crippen LogP contribution in [-0.2, 0) is 103 Å². The Labute approximate surface area is 532 Å². The molecule has 4 aromatic carbocycles. The van der Waals surface area contributed by atoms with Crippen LogP contribution < -0.4 is 4.90 Å². The fourth-order valence-corrected chi connectivity index (χ4v) is 13.9.